The van der Waals surface area contributed by atoms with Gasteiger partial charge in [0, 0.05) is 13.2 Å². The Hall–Kier alpha value is -1.55. The first-order valence-corrected chi connectivity index (χ1v) is 7.29. The highest BCUT2D eigenvalue weighted by molar-refractivity contribution is 5.74. The van der Waals surface area contributed by atoms with Gasteiger partial charge in [0.05, 0.1) is 6.04 Å². The Labute approximate surface area is 120 Å². The summed E-state index contributed by atoms with van der Waals surface area (Å²) in [5.74, 6) is 0. The first-order chi connectivity index (χ1) is 9.54. The van der Waals surface area contributed by atoms with Crippen LogP contribution in [0.4, 0.5) is 4.79 Å². The molecule has 0 fully saturated rings. The van der Waals surface area contributed by atoms with Crippen molar-refractivity contribution in [2.75, 3.05) is 13.2 Å². The Kier molecular flexibility index (Phi) is 4.65. The molecule has 3 N–H and O–H groups in total. The highest BCUT2D eigenvalue weighted by Gasteiger charge is 2.32. The molecule has 1 aliphatic carbocycles. The first kappa shape index (κ1) is 14.9. The van der Waals surface area contributed by atoms with Gasteiger partial charge in [-0.3, -0.25) is 0 Å². The van der Waals surface area contributed by atoms with Crippen LogP contribution in [0, 0.1) is 0 Å². The van der Waals surface area contributed by atoms with Crippen molar-refractivity contribution in [2.45, 2.75) is 44.6 Å². The van der Waals surface area contributed by atoms with Gasteiger partial charge in [0.15, 0.2) is 0 Å². The number of hydrogen-bond acceptors (Lipinski definition) is 2. The lowest BCUT2D eigenvalue weighted by Gasteiger charge is -2.37. The number of hydrogen-bond donors (Lipinski definition) is 3. The Balaban J connectivity index is 2.05. The van der Waals surface area contributed by atoms with Gasteiger partial charge in [0.25, 0.3) is 0 Å². The number of amides is 2. The molecular weight excluding hydrogens is 252 g/mol. The van der Waals surface area contributed by atoms with Crippen molar-refractivity contribution in [2.24, 2.45) is 0 Å². The topological polar surface area (TPSA) is 61.4 Å². The van der Waals surface area contributed by atoms with Crippen molar-refractivity contribution in [3.63, 3.8) is 0 Å². The number of aliphatic hydroxyl groups is 1. The Morgan fingerprint density at radius 3 is 2.90 bits per heavy atom. The molecule has 4 heteroatoms. The molecule has 0 aliphatic heterocycles. The highest BCUT2D eigenvalue weighted by Crippen LogP contribution is 2.41. The fraction of sp³-hybridized carbons (Fsp3) is 0.562. The fourth-order valence-corrected chi connectivity index (χ4v) is 2.85. The standard InChI is InChI=1S/C16H24N2O2/c1-16(2)9-8-14(12-6-3-4-7-13(12)16)18-15(20)17-10-5-11-19/h3-4,6-7,14,19H,5,8-11H2,1-2H3,(H2,17,18,20). The molecule has 0 saturated heterocycles. The van der Waals surface area contributed by atoms with Gasteiger partial charge in [-0.1, -0.05) is 38.1 Å². The van der Waals surface area contributed by atoms with Crippen LogP contribution >= 0.6 is 0 Å². The zero-order valence-electron chi connectivity index (χ0n) is 12.3. The third-order valence-corrected chi connectivity index (χ3v) is 4.05. The average molecular weight is 276 g/mol. The van der Waals surface area contributed by atoms with Crippen LogP contribution in [-0.2, 0) is 5.41 Å². The summed E-state index contributed by atoms with van der Waals surface area (Å²) in [4.78, 5) is 11.9. The fourth-order valence-electron chi connectivity index (χ4n) is 2.85. The van der Waals surface area contributed by atoms with Crippen LogP contribution in [0.25, 0.3) is 0 Å². The van der Waals surface area contributed by atoms with E-state index in [0.717, 1.165) is 12.8 Å². The zero-order chi connectivity index (χ0) is 14.6. The van der Waals surface area contributed by atoms with Crippen LogP contribution in [-0.4, -0.2) is 24.3 Å². The molecule has 0 aromatic heterocycles. The minimum absolute atomic E-state index is 0.0772. The molecule has 1 aromatic carbocycles. The van der Waals surface area contributed by atoms with E-state index in [2.05, 4.69) is 42.7 Å². The maximum Gasteiger partial charge on any atom is 0.315 e. The number of rotatable bonds is 4. The molecule has 1 aliphatic rings. The predicted molar refractivity (Wildman–Crippen MR) is 79.7 cm³/mol. The minimum Gasteiger partial charge on any atom is -0.396 e. The monoisotopic (exact) mass is 276 g/mol. The molecule has 1 aromatic rings. The molecule has 110 valence electrons. The molecule has 1 unspecified atom stereocenters. The van der Waals surface area contributed by atoms with Crippen molar-refractivity contribution in [1.29, 1.82) is 0 Å². The van der Waals surface area contributed by atoms with E-state index in [1.807, 2.05) is 6.07 Å². The Morgan fingerprint density at radius 1 is 1.40 bits per heavy atom. The van der Waals surface area contributed by atoms with Gasteiger partial charge in [-0.15, -0.1) is 0 Å². The summed E-state index contributed by atoms with van der Waals surface area (Å²) >= 11 is 0. The highest BCUT2D eigenvalue weighted by atomic mass is 16.3. The van der Waals surface area contributed by atoms with E-state index in [-0.39, 0.29) is 24.1 Å². The largest absolute Gasteiger partial charge is 0.396 e. The van der Waals surface area contributed by atoms with Crippen LogP contribution in [0.2, 0.25) is 0 Å². The average Bonchev–Trinajstić information content (AvgIpc) is 2.43. The molecule has 0 heterocycles. The smallest absolute Gasteiger partial charge is 0.315 e. The second kappa shape index (κ2) is 6.27. The van der Waals surface area contributed by atoms with Gasteiger partial charge in [-0.05, 0) is 35.8 Å². The van der Waals surface area contributed by atoms with E-state index >= 15 is 0 Å². The van der Waals surface area contributed by atoms with Gasteiger partial charge in [-0.25, -0.2) is 4.79 Å². The lowest BCUT2D eigenvalue weighted by molar-refractivity contribution is 0.231. The van der Waals surface area contributed by atoms with Crippen LogP contribution in [0.1, 0.15) is 50.3 Å². The third-order valence-electron chi connectivity index (χ3n) is 4.05. The summed E-state index contributed by atoms with van der Waals surface area (Å²) in [6.07, 6.45) is 2.60. The van der Waals surface area contributed by atoms with Gasteiger partial charge in [-0.2, -0.15) is 0 Å². The summed E-state index contributed by atoms with van der Waals surface area (Å²) in [7, 11) is 0. The number of urea groups is 1. The second-order valence-corrected chi connectivity index (χ2v) is 6.04. The van der Waals surface area contributed by atoms with Crippen molar-refractivity contribution in [1.82, 2.24) is 10.6 Å². The molecule has 1 atom stereocenters. The normalized spacial score (nSPS) is 20.1. The van der Waals surface area contributed by atoms with E-state index < -0.39 is 0 Å². The second-order valence-electron chi connectivity index (χ2n) is 6.04. The van der Waals surface area contributed by atoms with Gasteiger partial charge < -0.3 is 15.7 Å². The summed E-state index contributed by atoms with van der Waals surface area (Å²) in [5, 5.41) is 14.5. The summed E-state index contributed by atoms with van der Waals surface area (Å²) < 4.78 is 0. The lowest BCUT2D eigenvalue weighted by atomic mass is 9.71. The molecule has 2 amide bonds. The molecular formula is C16H24N2O2. The van der Waals surface area contributed by atoms with Gasteiger partial charge in [0.2, 0.25) is 0 Å². The van der Waals surface area contributed by atoms with Crippen LogP contribution in [0.15, 0.2) is 24.3 Å². The quantitative estimate of drug-likeness (QED) is 0.740. The van der Waals surface area contributed by atoms with E-state index in [1.165, 1.54) is 11.1 Å². The number of benzene rings is 1. The maximum absolute atomic E-state index is 11.9. The predicted octanol–water partition coefficient (Wildman–Crippen LogP) is 2.48. The zero-order valence-corrected chi connectivity index (χ0v) is 12.3. The Bertz CT molecular complexity index is 471. The SMILES string of the molecule is CC1(C)CCC(NC(=O)NCCCO)c2ccccc21. The van der Waals surface area contributed by atoms with Crippen molar-refractivity contribution < 1.29 is 9.90 Å². The first-order valence-electron chi connectivity index (χ1n) is 7.29. The maximum atomic E-state index is 11.9. The summed E-state index contributed by atoms with van der Waals surface area (Å²) in [6.45, 7) is 5.11. The molecule has 0 saturated carbocycles. The third kappa shape index (κ3) is 3.31. The molecule has 0 radical (unpaired) electrons. The van der Waals surface area contributed by atoms with E-state index in [0.29, 0.717) is 13.0 Å². The van der Waals surface area contributed by atoms with Crippen LogP contribution in [0.3, 0.4) is 0 Å². The van der Waals surface area contributed by atoms with Gasteiger partial charge in [0.1, 0.15) is 0 Å². The van der Waals surface area contributed by atoms with Crippen LogP contribution < -0.4 is 10.6 Å². The number of carbonyl (C=O) groups is 1. The van der Waals surface area contributed by atoms with E-state index in [9.17, 15) is 4.79 Å². The molecule has 2 rings (SSSR count). The summed E-state index contributed by atoms with van der Waals surface area (Å²) in [6, 6.07) is 8.27. The molecule has 0 spiro atoms. The minimum atomic E-state index is -0.155. The van der Waals surface area contributed by atoms with Crippen LogP contribution in [0.5, 0.6) is 0 Å². The lowest BCUT2D eigenvalue weighted by Crippen LogP contribution is -2.41. The molecule has 20 heavy (non-hydrogen) atoms. The van der Waals surface area contributed by atoms with Crippen molar-refractivity contribution >= 4 is 6.03 Å². The molecule has 0 bridgehead atoms. The van der Waals surface area contributed by atoms with Gasteiger partial charge >= 0.3 is 6.03 Å². The Morgan fingerprint density at radius 2 is 2.15 bits per heavy atom. The number of nitrogens with one attached hydrogen (secondary N) is 2. The van der Waals surface area contributed by atoms with Crippen molar-refractivity contribution in [3.05, 3.63) is 35.4 Å². The van der Waals surface area contributed by atoms with E-state index in [4.69, 9.17) is 5.11 Å². The number of fused-ring (bicyclic) bond motifs is 1. The number of aliphatic hydroxyl groups excluding tert-OH is 1. The number of carbonyl (C=O) groups excluding carboxylic acids is 1. The summed E-state index contributed by atoms with van der Waals surface area (Å²) in [5.41, 5.74) is 2.72. The van der Waals surface area contributed by atoms with E-state index in [1.54, 1.807) is 0 Å². The molecule has 4 nitrogen and oxygen atoms in total. The van der Waals surface area contributed by atoms with Crippen molar-refractivity contribution in [3.8, 4) is 0 Å².